The van der Waals surface area contributed by atoms with Gasteiger partial charge in [0, 0.05) is 12.0 Å². The molecule has 114 valence electrons. The number of hydrogen-bond donors (Lipinski definition) is 1. The number of phenolic OH excluding ortho intramolecular Hbond substituents is 1. The fourth-order valence-corrected chi connectivity index (χ4v) is 2.62. The van der Waals surface area contributed by atoms with E-state index in [1.807, 2.05) is 30.3 Å². The van der Waals surface area contributed by atoms with Gasteiger partial charge in [-0.15, -0.1) is 0 Å². The third kappa shape index (κ3) is 2.24. The number of carbonyl (C=O) groups is 1. The summed E-state index contributed by atoms with van der Waals surface area (Å²) in [6.07, 6.45) is -0.555. The van der Waals surface area contributed by atoms with Crippen molar-refractivity contribution in [2.24, 2.45) is 0 Å². The number of methoxy groups -OCH3 is 2. The molecule has 1 atom stereocenters. The summed E-state index contributed by atoms with van der Waals surface area (Å²) >= 11 is 0. The van der Waals surface area contributed by atoms with Gasteiger partial charge in [-0.2, -0.15) is 0 Å². The Bertz CT molecular complexity index is 709. The van der Waals surface area contributed by atoms with E-state index in [0.717, 1.165) is 5.56 Å². The molecule has 5 nitrogen and oxygen atoms in total. The minimum atomic E-state index is -0.724. The van der Waals surface area contributed by atoms with Gasteiger partial charge in [-0.25, -0.2) is 0 Å². The Hall–Kier alpha value is -2.69. The highest BCUT2D eigenvalue weighted by atomic mass is 16.5. The van der Waals surface area contributed by atoms with Gasteiger partial charge in [0.2, 0.25) is 11.5 Å². The molecule has 0 aliphatic carbocycles. The fraction of sp³-hybridized carbons (Fsp3) is 0.235. The van der Waals surface area contributed by atoms with Crippen LogP contribution in [-0.2, 0) is 11.2 Å². The molecule has 0 aromatic heterocycles. The van der Waals surface area contributed by atoms with Crippen molar-refractivity contribution in [1.82, 2.24) is 0 Å². The smallest absolute Gasteiger partial charge is 0.207 e. The molecule has 0 saturated heterocycles. The lowest BCUT2D eigenvalue weighted by molar-refractivity contribution is -0.126. The third-order valence-corrected chi connectivity index (χ3v) is 3.67. The number of aromatic hydroxyl groups is 1. The van der Waals surface area contributed by atoms with Gasteiger partial charge in [-0.3, -0.25) is 4.79 Å². The van der Waals surface area contributed by atoms with Crippen LogP contribution in [0.3, 0.4) is 0 Å². The molecular formula is C17H16O5. The first-order valence-corrected chi connectivity index (χ1v) is 6.86. The largest absolute Gasteiger partial charge is 0.502 e. The van der Waals surface area contributed by atoms with Gasteiger partial charge in [0.25, 0.3) is 0 Å². The van der Waals surface area contributed by atoms with Gasteiger partial charge in [-0.1, -0.05) is 30.3 Å². The zero-order valence-electron chi connectivity index (χ0n) is 12.3. The Labute approximate surface area is 128 Å². The van der Waals surface area contributed by atoms with Gasteiger partial charge in [0.15, 0.2) is 23.4 Å². The minimum absolute atomic E-state index is 0.0645. The van der Waals surface area contributed by atoms with Crippen molar-refractivity contribution in [1.29, 1.82) is 0 Å². The van der Waals surface area contributed by atoms with Crippen LogP contribution in [-0.4, -0.2) is 25.1 Å². The van der Waals surface area contributed by atoms with E-state index in [1.165, 1.54) is 14.2 Å². The Morgan fingerprint density at radius 2 is 1.91 bits per heavy atom. The number of Topliss-reactive ketones (excluding diaryl/α,β-unsaturated/α-hetero) is 1. The Morgan fingerprint density at radius 1 is 1.18 bits per heavy atom. The van der Waals surface area contributed by atoms with E-state index in [1.54, 1.807) is 6.07 Å². The van der Waals surface area contributed by atoms with Gasteiger partial charge in [-0.05, 0) is 11.6 Å². The lowest BCUT2D eigenvalue weighted by Crippen LogP contribution is -2.26. The number of ether oxygens (including phenoxy) is 3. The van der Waals surface area contributed by atoms with Crippen LogP contribution in [0.5, 0.6) is 23.0 Å². The number of fused-ring (bicyclic) bond motifs is 1. The average Bonchev–Trinajstić information content (AvgIpc) is 2.55. The molecule has 1 N–H and O–H groups in total. The molecule has 3 rings (SSSR count). The van der Waals surface area contributed by atoms with Crippen LogP contribution in [0.2, 0.25) is 0 Å². The van der Waals surface area contributed by atoms with E-state index in [-0.39, 0.29) is 29.5 Å². The molecule has 1 aliphatic rings. The standard InChI is InChI=1S/C17H16O5/c1-20-13-9-11-8-12(18)15(10-6-4-3-5-7-10)22-16(11)14(19)17(13)21-2/h3-7,9,15,19H,8H2,1-2H3. The van der Waals surface area contributed by atoms with E-state index in [9.17, 15) is 9.90 Å². The first-order chi connectivity index (χ1) is 10.7. The van der Waals surface area contributed by atoms with Crippen LogP contribution < -0.4 is 14.2 Å². The molecule has 0 bridgehead atoms. The highest BCUT2D eigenvalue weighted by molar-refractivity contribution is 5.89. The SMILES string of the molecule is COc1cc2c(c(O)c1OC)OC(c1ccccc1)C(=O)C2. The molecule has 0 spiro atoms. The number of hydrogen-bond acceptors (Lipinski definition) is 5. The van der Waals surface area contributed by atoms with Crippen LogP contribution in [0, 0.1) is 0 Å². The number of rotatable bonds is 3. The lowest BCUT2D eigenvalue weighted by atomic mass is 9.95. The summed E-state index contributed by atoms with van der Waals surface area (Å²) in [6, 6.07) is 10.9. The first-order valence-electron chi connectivity index (χ1n) is 6.86. The van der Waals surface area contributed by atoms with E-state index < -0.39 is 6.10 Å². The molecule has 1 aliphatic heterocycles. The van der Waals surface area contributed by atoms with Crippen LogP contribution in [0.4, 0.5) is 0 Å². The molecule has 0 radical (unpaired) electrons. The summed E-state index contributed by atoms with van der Waals surface area (Å²) in [5, 5.41) is 10.4. The topological polar surface area (TPSA) is 65.0 Å². The molecule has 5 heteroatoms. The fourth-order valence-electron chi connectivity index (χ4n) is 2.62. The summed E-state index contributed by atoms with van der Waals surface area (Å²) in [7, 11) is 2.91. The van der Waals surface area contributed by atoms with Gasteiger partial charge < -0.3 is 19.3 Å². The normalized spacial score (nSPS) is 16.6. The van der Waals surface area contributed by atoms with Crippen molar-refractivity contribution in [3.05, 3.63) is 47.5 Å². The predicted octanol–water partition coefficient (Wildman–Crippen LogP) is 2.65. The molecule has 2 aromatic carbocycles. The maximum atomic E-state index is 12.3. The maximum absolute atomic E-state index is 12.3. The average molecular weight is 300 g/mol. The molecule has 22 heavy (non-hydrogen) atoms. The van der Waals surface area contributed by atoms with E-state index in [4.69, 9.17) is 14.2 Å². The van der Waals surface area contributed by atoms with E-state index in [2.05, 4.69) is 0 Å². The molecule has 0 amide bonds. The van der Waals surface area contributed by atoms with Crippen LogP contribution >= 0.6 is 0 Å². The van der Waals surface area contributed by atoms with Gasteiger partial charge in [0.1, 0.15) is 0 Å². The Balaban J connectivity index is 2.06. The second-order valence-corrected chi connectivity index (χ2v) is 5.00. The van der Waals surface area contributed by atoms with Gasteiger partial charge >= 0.3 is 0 Å². The zero-order chi connectivity index (χ0) is 15.7. The number of ketones is 1. The summed E-state index contributed by atoms with van der Waals surface area (Å²) in [4.78, 5) is 12.3. The van der Waals surface area contributed by atoms with Gasteiger partial charge in [0.05, 0.1) is 14.2 Å². The quantitative estimate of drug-likeness (QED) is 0.944. The van der Waals surface area contributed by atoms with Crippen molar-refractivity contribution in [3.8, 4) is 23.0 Å². The number of carbonyl (C=O) groups excluding carboxylic acids is 1. The first kappa shape index (κ1) is 14.3. The van der Waals surface area contributed by atoms with Crippen molar-refractivity contribution in [2.75, 3.05) is 14.2 Å². The molecule has 1 unspecified atom stereocenters. The Morgan fingerprint density at radius 3 is 2.55 bits per heavy atom. The van der Waals surface area contributed by atoms with Crippen LogP contribution in [0.1, 0.15) is 17.2 Å². The molecule has 1 heterocycles. The van der Waals surface area contributed by atoms with Crippen LogP contribution in [0.25, 0.3) is 0 Å². The maximum Gasteiger partial charge on any atom is 0.207 e. The van der Waals surface area contributed by atoms with Crippen molar-refractivity contribution >= 4 is 5.78 Å². The van der Waals surface area contributed by atoms with Crippen molar-refractivity contribution in [2.45, 2.75) is 12.5 Å². The molecule has 0 fully saturated rings. The highest BCUT2D eigenvalue weighted by Crippen LogP contribution is 2.49. The predicted molar refractivity (Wildman–Crippen MR) is 79.7 cm³/mol. The lowest BCUT2D eigenvalue weighted by Gasteiger charge is -2.27. The molecular weight excluding hydrogens is 284 g/mol. The Kier molecular flexibility index (Phi) is 3.63. The second kappa shape index (κ2) is 5.60. The summed E-state index contributed by atoms with van der Waals surface area (Å²) in [6.45, 7) is 0. The third-order valence-electron chi connectivity index (χ3n) is 3.67. The molecule has 2 aromatic rings. The number of phenols is 1. The second-order valence-electron chi connectivity index (χ2n) is 5.00. The highest BCUT2D eigenvalue weighted by Gasteiger charge is 2.33. The monoisotopic (exact) mass is 300 g/mol. The molecule has 0 saturated carbocycles. The summed E-state index contributed by atoms with van der Waals surface area (Å²) < 4.78 is 16.1. The zero-order valence-corrected chi connectivity index (χ0v) is 12.3. The van der Waals surface area contributed by atoms with E-state index in [0.29, 0.717) is 11.3 Å². The summed E-state index contributed by atoms with van der Waals surface area (Å²) in [5.41, 5.74) is 1.35. The summed E-state index contributed by atoms with van der Waals surface area (Å²) in [5.74, 6) is 0.623. The van der Waals surface area contributed by atoms with Crippen molar-refractivity contribution < 1.29 is 24.1 Å². The van der Waals surface area contributed by atoms with Crippen LogP contribution in [0.15, 0.2) is 36.4 Å². The minimum Gasteiger partial charge on any atom is -0.502 e. The van der Waals surface area contributed by atoms with Crippen molar-refractivity contribution in [3.63, 3.8) is 0 Å². The van der Waals surface area contributed by atoms with E-state index >= 15 is 0 Å². The number of benzene rings is 2.